The highest BCUT2D eigenvalue weighted by molar-refractivity contribution is 7.92. The summed E-state index contributed by atoms with van der Waals surface area (Å²) in [5, 5.41) is 28.8. The molecule has 1 aromatic rings. The van der Waals surface area contributed by atoms with Gasteiger partial charge in [0.05, 0.1) is 35.1 Å². The topological polar surface area (TPSA) is 175 Å². The first-order valence-corrected chi connectivity index (χ1v) is 16.3. The van der Waals surface area contributed by atoms with Crippen LogP contribution in [0.4, 0.5) is 0 Å². The zero-order valence-electron chi connectivity index (χ0n) is 25.3. The van der Waals surface area contributed by atoms with Crippen molar-refractivity contribution in [2.75, 3.05) is 12.3 Å². The van der Waals surface area contributed by atoms with E-state index in [-0.39, 0.29) is 30.2 Å². The number of aliphatic hydroxyl groups excluding tert-OH is 2. The van der Waals surface area contributed by atoms with Gasteiger partial charge in [-0.2, -0.15) is 0 Å². The summed E-state index contributed by atoms with van der Waals surface area (Å²) < 4.78 is 26.8. The highest BCUT2D eigenvalue weighted by atomic mass is 32.2. The molecule has 0 spiro atoms. The molecular formula is C29H50N4O7S. The lowest BCUT2D eigenvalue weighted by Crippen LogP contribution is -2.57. The molecule has 0 aliphatic carbocycles. The van der Waals surface area contributed by atoms with E-state index in [1.807, 2.05) is 41.5 Å². The molecule has 0 aromatic carbocycles. The molecule has 3 amide bonds. The second-order valence-electron chi connectivity index (χ2n) is 11.5. The molecule has 1 rings (SSSR count). The molecule has 1 aromatic heterocycles. The number of amides is 3. The van der Waals surface area contributed by atoms with Crippen LogP contribution < -0.4 is 16.0 Å². The summed E-state index contributed by atoms with van der Waals surface area (Å²) in [6, 6.07) is 0.581. The Morgan fingerprint density at radius 3 is 2.12 bits per heavy atom. The van der Waals surface area contributed by atoms with Crippen LogP contribution in [-0.2, 0) is 19.4 Å². The highest BCUT2D eigenvalue weighted by Crippen LogP contribution is 2.18. The van der Waals surface area contributed by atoms with Gasteiger partial charge in [-0.25, -0.2) is 8.42 Å². The minimum absolute atomic E-state index is 0.0254. The molecule has 0 bridgehead atoms. The largest absolute Gasteiger partial charge is 0.390 e. The molecular weight excluding hydrogens is 548 g/mol. The molecule has 4 atom stereocenters. The molecule has 0 aliphatic rings. The van der Waals surface area contributed by atoms with Crippen LogP contribution in [0.1, 0.15) is 90.4 Å². The first-order valence-electron chi connectivity index (χ1n) is 14.6. The molecule has 1 heterocycles. The lowest BCUT2D eigenvalue weighted by atomic mass is 9.94. The van der Waals surface area contributed by atoms with Crippen LogP contribution in [0, 0.1) is 11.8 Å². The third-order valence-corrected chi connectivity index (χ3v) is 8.92. The summed E-state index contributed by atoms with van der Waals surface area (Å²) in [6.45, 7) is 11.8. The van der Waals surface area contributed by atoms with Crippen molar-refractivity contribution in [3.8, 4) is 0 Å². The van der Waals surface area contributed by atoms with Crippen LogP contribution in [-0.4, -0.2) is 83.2 Å². The van der Waals surface area contributed by atoms with Crippen molar-refractivity contribution < 1.29 is 33.0 Å². The summed E-state index contributed by atoms with van der Waals surface area (Å²) in [5.41, 5.74) is 0.156. The van der Waals surface area contributed by atoms with E-state index >= 15 is 0 Å². The zero-order chi connectivity index (χ0) is 31.2. The van der Waals surface area contributed by atoms with Crippen molar-refractivity contribution >= 4 is 27.6 Å². The van der Waals surface area contributed by atoms with Gasteiger partial charge in [0.25, 0.3) is 5.91 Å². The fourth-order valence-electron chi connectivity index (χ4n) is 4.48. The van der Waals surface area contributed by atoms with Crippen LogP contribution in [0.15, 0.2) is 24.5 Å². The minimum atomic E-state index is -3.80. The Labute approximate surface area is 245 Å². The monoisotopic (exact) mass is 598 g/mol. The van der Waals surface area contributed by atoms with Crippen LogP contribution in [0.2, 0.25) is 0 Å². The first-order chi connectivity index (χ1) is 19.2. The van der Waals surface area contributed by atoms with Gasteiger partial charge in [0.15, 0.2) is 9.84 Å². The van der Waals surface area contributed by atoms with Crippen molar-refractivity contribution in [3.05, 3.63) is 30.1 Å². The average Bonchev–Trinajstić information content (AvgIpc) is 2.90. The first kappa shape index (κ1) is 36.5. The summed E-state index contributed by atoms with van der Waals surface area (Å²) in [6.07, 6.45) is 1.83. The van der Waals surface area contributed by atoms with Crippen molar-refractivity contribution in [1.29, 1.82) is 0 Å². The van der Waals surface area contributed by atoms with E-state index in [9.17, 15) is 33.0 Å². The van der Waals surface area contributed by atoms with Gasteiger partial charge in [-0.05, 0) is 43.2 Å². The lowest BCUT2D eigenvalue weighted by molar-refractivity contribution is -0.127. The fraction of sp³-hybridized carbons (Fsp3) is 0.724. The number of nitrogens with one attached hydrogen (secondary N) is 3. The van der Waals surface area contributed by atoms with Gasteiger partial charge in [-0.3, -0.25) is 19.4 Å². The number of hydrogen-bond acceptors (Lipinski definition) is 8. The average molecular weight is 599 g/mol. The Morgan fingerprint density at radius 2 is 1.61 bits per heavy atom. The van der Waals surface area contributed by atoms with Gasteiger partial charge in [0.2, 0.25) is 11.8 Å². The Bertz CT molecular complexity index is 1040. The Balaban J connectivity index is 3.23. The number of hydrogen-bond donors (Lipinski definition) is 5. The SMILES string of the molecule is CCCC(CCC)S(=O)(=O)CC(NC(=O)c1cccnc1)C(=O)NC(CC(C)C)C(O)C(O)CC(=O)NCC(C)C. The smallest absolute Gasteiger partial charge is 0.253 e. The normalized spacial score (nSPS) is 14.9. The molecule has 11 nitrogen and oxygen atoms in total. The van der Waals surface area contributed by atoms with E-state index in [0.29, 0.717) is 32.2 Å². The van der Waals surface area contributed by atoms with E-state index < -0.39 is 62.9 Å². The molecule has 41 heavy (non-hydrogen) atoms. The Hall–Kier alpha value is -2.57. The second kappa shape index (κ2) is 18.1. The number of pyridine rings is 1. The van der Waals surface area contributed by atoms with Gasteiger partial charge in [-0.15, -0.1) is 0 Å². The molecule has 0 saturated heterocycles. The number of sulfone groups is 1. The quantitative estimate of drug-likeness (QED) is 0.161. The number of nitrogens with zero attached hydrogens (tertiary/aromatic N) is 1. The molecule has 0 radical (unpaired) electrons. The van der Waals surface area contributed by atoms with E-state index in [4.69, 9.17) is 0 Å². The number of carbonyl (C=O) groups excluding carboxylic acids is 3. The molecule has 12 heteroatoms. The van der Waals surface area contributed by atoms with Crippen molar-refractivity contribution in [1.82, 2.24) is 20.9 Å². The fourth-order valence-corrected chi connectivity index (χ4v) is 6.64. The minimum Gasteiger partial charge on any atom is -0.390 e. The number of aliphatic hydroxyl groups is 2. The third kappa shape index (κ3) is 13.3. The predicted octanol–water partition coefficient (Wildman–Crippen LogP) is 1.98. The molecule has 5 N–H and O–H groups in total. The van der Waals surface area contributed by atoms with Gasteiger partial charge < -0.3 is 26.2 Å². The third-order valence-electron chi connectivity index (χ3n) is 6.64. The highest BCUT2D eigenvalue weighted by Gasteiger charge is 2.36. The number of carbonyl (C=O) groups is 3. The van der Waals surface area contributed by atoms with E-state index in [1.165, 1.54) is 18.5 Å². The van der Waals surface area contributed by atoms with Gasteiger partial charge in [-0.1, -0.05) is 54.4 Å². The Kier molecular flexibility index (Phi) is 16.1. The van der Waals surface area contributed by atoms with Gasteiger partial charge in [0, 0.05) is 18.9 Å². The molecule has 4 unspecified atom stereocenters. The summed E-state index contributed by atoms with van der Waals surface area (Å²) in [4.78, 5) is 42.6. The zero-order valence-corrected chi connectivity index (χ0v) is 26.1. The van der Waals surface area contributed by atoms with Crippen LogP contribution in [0.3, 0.4) is 0 Å². The Morgan fingerprint density at radius 1 is 0.976 bits per heavy atom. The van der Waals surface area contributed by atoms with Crippen molar-refractivity contribution in [2.24, 2.45) is 11.8 Å². The van der Waals surface area contributed by atoms with Crippen LogP contribution >= 0.6 is 0 Å². The second-order valence-corrected chi connectivity index (χ2v) is 13.8. The van der Waals surface area contributed by atoms with E-state index in [1.54, 1.807) is 6.07 Å². The summed E-state index contributed by atoms with van der Waals surface area (Å²) >= 11 is 0. The van der Waals surface area contributed by atoms with Crippen LogP contribution in [0.25, 0.3) is 0 Å². The number of aromatic nitrogens is 1. The maximum atomic E-state index is 13.6. The standard InChI is InChI=1S/C29H50N4O7S/c1-7-10-22(11-8-2)41(39,40)18-24(33-28(37)21-12-9-13-30-17-21)29(38)32-23(14-19(3)4)27(36)25(34)15-26(35)31-16-20(5)6/h9,12-13,17,19-20,22-25,27,34,36H,7-8,10-11,14-16,18H2,1-6H3,(H,31,35)(H,32,38)(H,33,37). The maximum absolute atomic E-state index is 13.6. The van der Waals surface area contributed by atoms with Crippen molar-refractivity contribution in [2.45, 2.75) is 110 Å². The predicted molar refractivity (Wildman–Crippen MR) is 159 cm³/mol. The maximum Gasteiger partial charge on any atom is 0.253 e. The van der Waals surface area contributed by atoms with E-state index in [0.717, 1.165) is 0 Å². The number of rotatable bonds is 19. The lowest BCUT2D eigenvalue weighted by Gasteiger charge is -2.31. The van der Waals surface area contributed by atoms with Crippen molar-refractivity contribution in [3.63, 3.8) is 0 Å². The molecule has 234 valence electrons. The molecule has 0 saturated carbocycles. The van der Waals surface area contributed by atoms with Gasteiger partial charge >= 0.3 is 0 Å². The summed E-state index contributed by atoms with van der Waals surface area (Å²) in [7, 11) is -3.80. The van der Waals surface area contributed by atoms with Crippen LogP contribution in [0.5, 0.6) is 0 Å². The molecule has 0 fully saturated rings. The van der Waals surface area contributed by atoms with Gasteiger partial charge in [0.1, 0.15) is 12.1 Å². The summed E-state index contributed by atoms with van der Waals surface area (Å²) in [5.74, 6) is -2.36. The molecule has 0 aliphatic heterocycles. The van der Waals surface area contributed by atoms with E-state index in [2.05, 4.69) is 20.9 Å².